The Morgan fingerprint density at radius 1 is 1.20 bits per heavy atom. The molecule has 0 aromatic carbocycles. The van der Waals surface area contributed by atoms with Gasteiger partial charge in [-0.2, -0.15) is 0 Å². The van der Waals surface area contributed by atoms with Crippen LogP contribution < -0.4 is 0 Å². The van der Waals surface area contributed by atoms with Gasteiger partial charge in [-0.05, 0) is 44.4 Å². The van der Waals surface area contributed by atoms with Gasteiger partial charge in [0.15, 0.2) is 0 Å². The molecular formula is C17H24N2O. The Morgan fingerprint density at radius 2 is 2.15 bits per heavy atom. The van der Waals surface area contributed by atoms with Crippen LogP contribution in [0.4, 0.5) is 0 Å². The van der Waals surface area contributed by atoms with Crippen LogP contribution in [0.15, 0.2) is 24.4 Å². The van der Waals surface area contributed by atoms with E-state index >= 15 is 0 Å². The van der Waals surface area contributed by atoms with E-state index in [2.05, 4.69) is 22.0 Å². The molecule has 2 unspecified atom stereocenters. The first-order chi connectivity index (χ1) is 9.84. The van der Waals surface area contributed by atoms with E-state index < -0.39 is 0 Å². The summed E-state index contributed by atoms with van der Waals surface area (Å²) in [6.07, 6.45) is 9.59. The second-order valence-electron chi connectivity index (χ2n) is 6.14. The minimum Gasteiger partial charge on any atom is -0.299 e. The lowest BCUT2D eigenvalue weighted by Gasteiger charge is -2.33. The van der Waals surface area contributed by atoms with Crippen LogP contribution in [0, 0.1) is 5.92 Å². The van der Waals surface area contributed by atoms with Gasteiger partial charge < -0.3 is 0 Å². The Morgan fingerprint density at radius 3 is 2.95 bits per heavy atom. The average Bonchev–Trinajstić information content (AvgIpc) is 2.95. The van der Waals surface area contributed by atoms with Gasteiger partial charge in [0.25, 0.3) is 0 Å². The summed E-state index contributed by atoms with van der Waals surface area (Å²) in [7, 11) is 0. The van der Waals surface area contributed by atoms with Crippen molar-refractivity contribution in [1.82, 2.24) is 9.88 Å². The Labute approximate surface area is 121 Å². The first-order valence-corrected chi connectivity index (χ1v) is 8.01. The summed E-state index contributed by atoms with van der Waals surface area (Å²) >= 11 is 0. The fourth-order valence-electron chi connectivity index (χ4n) is 3.81. The largest absolute Gasteiger partial charge is 0.299 e. The molecule has 1 saturated heterocycles. The number of nitrogens with zero attached hydrogens (tertiary/aromatic N) is 2. The van der Waals surface area contributed by atoms with Crippen LogP contribution in [0.1, 0.15) is 44.2 Å². The molecule has 3 rings (SSSR count). The topological polar surface area (TPSA) is 33.2 Å². The number of carbonyl (C=O) groups excluding carboxylic acids is 1. The highest BCUT2D eigenvalue weighted by Crippen LogP contribution is 2.32. The number of Topliss-reactive ketones (excluding diaryl/α,β-unsaturated/α-hetero) is 1. The maximum atomic E-state index is 12.2. The summed E-state index contributed by atoms with van der Waals surface area (Å²) in [5.74, 6) is 0.834. The van der Waals surface area contributed by atoms with Gasteiger partial charge in [0, 0.05) is 43.2 Å². The third-order valence-corrected chi connectivity index (χ3v) is 4.86. The van der Waals surface area contributed by atoms with Crippen molar-refractivity contribution in [3.8, 4) is 0 Å². The van der Waals surface area contributed by atoms with Crippen molar-refractivity contribution >= 4 is 5.78 Å². The highest BCUT2D eigenvalue weighted by molar-refractivity contribution is 5.82. The van der Waals surface area contributed by atoms with Crippen LogP contribution in [0.25, 0.3) is 0 Å². The number of hydrogen-bond acceptors (Lipinski definition) is 3. The lowest BCUT2D eigenvalue weighted by atomic mass is 9.82. The van der Waals surface area contributed by atoms with Crippen LogP contribution in [0.2, 0.25) is 0 Å². The average molecular weight is 272 g/mol. The molecular weight excluding hydrogens is 248 g/mol. The van der Waals surface area contributed by atoms with E-state index in [1.54, 1.807) is 0 Å². The minimum absolute atomic E-state index is 0.315. The zero-order chi connectivity index (χ0) is 13.8. The van der Waals surface area contributed by atoms with Crippen molar-refractivity contribution in [1.29, 1.82) is 0 Å². The molecule has 1 aromatic heterocycles. The smallest absolute Gasteiger partial charge is 0.137 e. The maximum Gasteiger partial charge on any atom is 0.137 e. The van der Waals surface area contributed by atoms with E-state index in [0.29, 0.717) is 17.7 Å². The van der Waals surface area contributed by atoms with Crippen molar-refractivity contribution in [2.24, 2.45) is 5.92 Å². The van der Waals surface area contributed by atoms with Crippen LogP contribution in [0.3, 0.4) is 0 Å². The molecule has 1 aromatic rings. The molecule has 0 bridgehead atoms. The number of aromatic nitrogens is 1. The van der Waals surface area contributed by atoms with Crippen molar-refractivity contribution in [2.45, 2.75) is 51.0 Å². The summed E-state index contributed by atoms with van der Waals surface area (Å²) in [5.41, 5.74) is 1.16. The number of pyridine rings is 1. The molecule has 1 saturated carbocycles. The zero-order valence-electron chi connectivity index (χ0n) is 12.1. The van der Waals surface area contributed by atoms with Gasteiger partial charge in [-0.1, -0.05) is 12.5 Å². The number of carbonyl (C=O) groups is 1. The summed E-state index contributed by atoms with van der Waals surface area (Å²) < 4.78 is 0. The number of likely N-dealkylation sites (tertiary alicyclic amines) is 1. The molecule has 1 aliphatic carbocycles. The molecule has 0 N–H and O–H groups in total. The van der Waals surface area contributed by atoms with Crippen LogP contribution >= 0.6 is 0 Å². The normalized spacial score (nSPS) is 27.9. The summed E-state index contributed by atoms with van der Waals surface area (Å²) in [6.45, 7) is 2.20. The predicted molar refractivity (Wildman–Crippen MR) is 79.5 cm³/mol. The van der Waals surface area contributed by atoms with Crippen LogP contribution in [0.5, 0.6) is 0 Å². The Bertz CT molecular complexity index is 446. The molecule has 20 heavy (non-hydrogen) atoms. The van der Waals surface area contributed by atoms with Gasteiger partial charge in [-0.25, -0.2) is 0 Å². The third-order valence-electron chi connectivity index (χ3n) is 4.86. The second-order valence-corrected chi connectivity index (χ2v) is 6.14. The zero-order valence-corrected chi connectivity index (χ0v) is 12.1. The number of rotatable bonds is 4. The van der Waals surface area contributed by atoms with Gasteiger partial charge in [0.2, 0.25) is 0 Å². The molecule has 1 aliphatic heterocycles. The summed E-state index contributed by atoms with van der Waals surface area (Å²) in [5, 5.41) is 0. The summed E-state index contributed by atoms with van der Waals surface area (Å²) in [4.78, 5) is 19.1. The minimum atomic E-state index is 0.315. The molecule has 3 nitrogen and oxygen atoms in total. The maximum absolute atomic E-state index is 12.2. The van der Waals surface area contributed by atoms with Gasteiger partial charge in [-0.15, -0.1) is 0 Å². The van der Waals surface area contributed by atoms with E-state index in [1.165, 1.54) is 19.3 Å². The molecule has 3 heteroatoms. The lowest BCUT2D eigenvalue weighted by molar-refractivity contribution is -0.126. The Kier molecular flexibility index (Phi) is 4.46. The first kappa shape index (κ1) is 13.7. The molecule has 108 valence electrons. The molecule has 2 aliphatic rings. The van der Waals surface area contributed by atoms with Gasteiger partial charge in [0.1, 0.15) is 5.78 Å². The quantitative estimate of drug-likeness (QED) is 0.845. The van der Waals surface area contributed by atoms with Crippen molar-refractivity contribution < 1.29 is 4.79 Å². The Balaban J connectivity index is 1.59. The SMILES string of the molecule is O=C1CCCCC1C1CCCN1CCc1ccccn1. The molecule has 0 amide bonds. The molecule has 2 atom stereocenters. The monoisotopic (exact) mass is 272 g/mol. The van der Waals surface area contributed by atoms with Crippen molar-refractivity contribution in [2.75, 3.05) is 13.1 Å². The van der Waals surface area contributed by atoms with E-state index in [-0.39, 0.29) is 0 Å². The molecule has 0 radical (unpaired) electrons. The van der Waals surface area contributed by atoms with E-state index in [9.17, 15) is 4.79 Å². The fraction of sp³-hybridized carbons (Fsp3) is 0.647. The van der Waals surface area contributed by atoms with Gasteiger partial charge in [-0.3, -0.25) is 14.7 Å². The van der Waals surface area contributed by atoms with Crippen molar-refractivity contribution in [3.63, 3.8) is 0 Å². The lowest BCUT2D eigenvalue weighted by Crippen LogP contribution is -2.41. The first-order valence-electron chi connectivity index (χ1n) is 8.01. The van der Waals surface area contributed by atoms with Crippen LogP contribution in [-0.2, 0) is 11.2 Å². The highest BCUT2D eigenvalue weighted by atomic mass is 16.1. The summed E-state index contributed by atoms with van der Waals surface area (Å²) in [6, 6.07) is 6.61. The second kappa shape index (κ2) is 6.49. The number of ketones is 1. The van der Waals surface area contributed by atoms with Gasteiger partial charge in [0.05, 0.1) is 0 Å². The third kappa shape index (κ3) is 3.09. The molecule has 0 spiro atoms. The van der Waals surface area contributed by atoms with Crippen molar-refractivity contribution in [3.05, 3.63) is 30.1 Å². The highest BCUT2D eigenvalue weighted by Gasteiger charge is 2.36. The Hall–Kier alpha value is -1.22. The van der Waals surface area contributed by atoms with Gasteiger partial charge >= 0.3 is 0 Å². The van der Waals surface area contributed by atoms with E-state index in [1.807, 2.05) is 12.3 Å². The fourth-order valence-corrected chi connectivity index (χ4v) is 3.81. The number of hydrogen-bond donors (Lipinski definition) is 0. The van der Waals surface area contributed by atoms with E-state index in [4.69, 9.17) is 0 Å². The van der Waals surface area contributed by atoms with Crippen LogP contribution in [-0.4, -0.2) is 34.8 Å². The standard InChI is InChI=1S/C17H24N2O/c20-17-9-2-1-7-15(17)16-8-5-12-19(16)13-10-14-6-3-4-11-18-14/h3-4,6,11,15-16H,1-2,5,7-10,12-13H2. The molecule has 2 heterocycles. The predicted octanol–water partition coefficient (Wildman–Crippen LogP) is 2.85. The molecule has 2 fully saturated rings. The van der Waals surface area contributed by atoms with E-state index in [0.717, 1.165) is 44.5 Å².